The first kappa shape index (κ1) is 19.9. The van der Waals surface area contributed by atoms with E-state index in [9.17, 15) is 19.5 Å². The van der Waals surface area contributed by atoms with E-state index < -0.39 is 5.97 Å². The average Bonchev–Trinajstić information content (AvgIpc) is 3.23. The summed E-state index contributed by atoms with van der Waals surface area (Å²) in [6.07, 6.45) is 8.04. The number of fused-ring (bicyclic) bond motifs is 1. The van der Waals surface area contributed by atoms with E-state index in [0.717, 1.165) is 38.8 Å². The molecule has 0 radical (unpaired) electrons. The highest BCUT2D eigenvalue weighted by Crippen LogP contribution is 2.37. The van der Waals surface area contributed by atoms with Crippen molar-refractivity contribution in [2.75, 3.05) is 42.5 Å². The molecule has 2 heterocycles. The summed E-state index contributed by atoms with van der Waals surface area (Å²) in [5, 5.41) is 9.43. The van der Waals surface area contributed by atoms with Crippen LogP contribution in [0.2, 0.25) is 0 Å². The van der Waals surface area contributed by atoms with Crippen molar-refractivity contribution in [2.24, 2.45) is 5.92 Å². The number of aromatic carboxylic acids is 1. The van der Waals surface area contributed by atoms with E-state index in [-0.39, 0.29) is 30.5 Å². The number of anilines is 2. The number of hydrogen-bond acceptors (Lipinski definition) is 4. The second-order valence-electron chi connectivity index (χ2n) is 8.48. The zero-order valence-electron chi connectivity index (χ0n) is 16.8. The van der Waals surface area contributed by atoms with Crippen LogP contribution < -0.4 is 9.80 Å². The molecule has 2 amide bonds. The monoisotopic (exact) mass is 399 g/mol. The van der Waals surface area contributed by atoms with Crippen LogP contribution in [0.4, 0.5) is 11.4 Å². The molecule has 0 atom stereocenters. The van der Waals surface area contributed by atoms with E-state index in [1.165, 1.54) is 30.2 Å². The van der Waals surface area contributed by atoms with Gasteiger partial charge >= 0.3 is 5.97 Å². The first-order chi connectivity index (χ1) is 14.0. The molecule has 29 heavy (non-hydrogen) atoms. The van der Waals surface area contributed by atoms with Crippen molar-refractivity contribution in [3.8, 4) is 0 Å². The molecule has 2 aliphatic heterocycles. The summed E-state index contributed by atoms with van der Waals surface area (Å²) < 4.78 is 0. The highest BCUT2D eigenvalue weighted by Gasteiger charge is 2.35. The van der Waals surface area contributed by atoms with Crippen LogP contribution >= 0.6 is 0 Å². The Morgan fingerprint density at radius 2 is 1.72 bits per heavy atom. The van der Waals surface area contributed by atoms with E-state index in [1.807, 2.05) is 0 Å². The number of carbonyl (C=O) groups is 3. The molecule has 1 saturated heterocycles. The van der Waals surface area contributed by atoms with Crippen molar-refractivity contribution in [3.63, 3.8) is 0 Å². The molecule has 0 bridgehead atoms. The fourth-order valence-corrected chi connectivity index (χ4v) is 4.81. The van der Waals surface area contributed by atoms with Gasteiger partial charge in [-0.15, -0.1) is 0 Å². The second kappa shape index (κ2) is 8.53. The van der Waals surface area contributed by atoms with Gasteiger partial charge in [0.25, 0.3) is 0 Å². The Bertz CT molecular complexity index is 797. The number of rotatable bonds is 5. The summed E-state index contributed by atoms with van der Waals surface area (Å²) in [4.78, 5) is 42.9. The van der Waals surface area contributed by atoms with Gasteiger partial charge in [0.1, 0.15) is 6.54 Å². The molecule has 1 N–H and O–H groups in total. The van der Waals surface area contributed by atoms with Crippen LogP contribution in [0, 0.1) is 5.92 Å². The molecule has 3 aliphatic rings. The van der Waals surface area contributed by atoms with Crippen LogP contribution in [0.15, 0.2) is 18.2 Å². The Morgan fingerprint density at radius 1 is 1.00 bits per heavy atom. The third kappa shape index (κ3) is 4.29. The fraction of sp³-hybridized carbons (Fsp3) is 0.591. The van der Waals surface area contributed by atoms with Crippen molar-refractivity contribution >= 4 is 29.2 Å². The highest BCUT2D eigenvalue weighted by molar-refractivity contribution is 6.12. The molecular formula is C22H29N3O4. The lowest BCUT2D eigenvalue weighted by atomic mass is 9.88. The molecular weight excluding hydrogens is 370 g/mol. The van der Waals surface area contributed by atoms with Crippen molar-refractivity contribution in [2.45, 2.75) is 44.9 Å². The van der Waals surface area contributed by atoms with Crippen LogP contribution in [-0.2, 0) is 9.59 Å². The maximum Gasteiger partial charge on any atom is 0.335 e. The molecule has 156 valence electrons. The Morgan fingerprint density at radius 3 is 2.41 bits per heavy atom. The lowest BCUT2D eigenvalue weighted by molar-refractivity contribution is -0.123. The van der Waals surface area contributed by atoms with Gasteiger partial charge in [0.05, 0.1) is 23.5 Å². The van der Waals surface area contributed by atoms with E-state index in [1.54, 1.807) is 17.0 Å². The Balaban J connectivity index is 1.62. The second-order valence-corrected chi connectivity index (χ2v) is 8.48. The van der Waals surface area contributed by atoms with Gasteiger partial charge in [-0.2, -0.15) is 0 Å². The number of carbonyl (C=O) groups excluding carboxylic acids is 2. The fourth-order valence-electron chi connectivity index (χ4n) is 4.81. The van der Waals surface area contributed by atoms with E-state index in [4.69, 9.17) is 0 Å². The van der Waals surface area contributed by atoms with Gasteiger partial charge in [-0.3, -0.25) is 19.4 Å². The van der Waals surface area contributed by atoms with Crippen LogP contribution in [0.1, 0.15) is 55.3 Å². The number of carboxylic acid groups (broad SMARTS) is 1. The lowest BCUT2D eigenvalue weighted by Gasteiger charge is -2.39. The molecule has 1 aliphatic carbocycles. The summed E-state index contributed by atoms with van der Waals surface area (Å²) in [6.45, 7) is 2.68. The molecule has 1 aromatic carbocycles. The Kier molecular flexibility index (Phi) is 5.85. The van der Waals surface area contributed by atoms with Crippen molar-refractivity contribution < 1.29 is 19.5 Å². The number of nitrogens with zero attached hydrogens (tertiary/aromatic N) is 3. The minimum absolute atomic E-state index is 0.0184. The maximum absolute atomic E-state index is 13.0. The molecule has 2 fully saturated rings. The summed E-state index contributed by atoms with van der Waals surface area (Å²) >= 11 is 0. The van der Waals surface area contributed by atoms with Crippen molar-refractivity contribution in [3.05, 3.63) is 23.8 Å². The standard InChI is InChI=1S/C22H29N3O4/c26-20(14-23-10-4-5-11-23)25-15-21(27)24(13-16-6-2-1-3-7-16)18-9-8-17(22(28)29)12-19(18)25/h8-9,12,16H,1-7,10-11,13-15H2,(H,28,29). The molecule has 0 unspecified atom stereocenters. The lowest BCUT2D eigenvalue weighted by Crippen LogP contribution is -2.51. The Hall–Kier alpha value is -2.41. The predicted molar refractivity (Wildman–Crippen MR) is 110 cm³/mol. The highest BCUT2D eigenvalue weighted by atomic mass is 16.4. The van der Waals surface area contributed by atoms with Gasteiger partial charge in [0.2, 0.25) is 11.8 Å². The van der Waals surface area contributed by atoms with E-state index >= 15 is 0 Å². The smallest absolute Gasteiger partial charge is 0.335 e. The summed E-state index contributed by atoms with van der Waals surface area (Å²) in [5.74, 6) is -0.788. The summed E-state index contributed by atoms with van der Waals surface area (Å²) in [5.41, 5.74) is 1.34. The first-order valence-electron chi connectivity index (χ1n) is 10.7. The molecule has 7 heteroatoms. The molecule has 1 aromatic rings. The molecule has 1 saturated carbocycles. The van der Waals surface area contributed by atoms with Crippen LogP contribution in [0.25, 0.3) is 0 Å². The van der Waals surface area contributed by atoms with Gasteiger partial charge in [-0.1, -0.05) is 19.3 Å². The molecule has 7 nitrogen and oxygen atoms in total. The maximum atomic E-state index is 13.0. The SMILES string of the molecule is O=C(O)c1ccc2c(c1)N(C(=O)CN1CCCC1)CC(=O)N2CC1CCCCC1. The van der Waals surface area contributed by atoms with Crippen molar-refractivity contribution in [1.82, 2.24) is 4.90 Å². The third-order valence-electron chi connectivity index (χ3n) is 6.42. The third-order valence-corrected chi connectivity index (χ3v) is 6.42. The van der Waals surface area contributed by atoms with Crippen LogP contribution in [0.5, 0.6) is 0 Å². The van der Waals surface area contributed by atoms with Gasteiger partial charge in [0.15, 0.2) is 0 Å². The molecule has 0 aromatic heterocycles. The molecule has 0 spiro atoms. The summed E-state index contributed by atoms with van der Waals surface area (Å²) in [6, 6.07) is 4.76. The number of benzene rings is 1. The largest absolute Gasteiger partial charge is 0.478 e. The van der Waals surface area contributed by atoms with Crippen LogP contribution in [-0.4, -0.2) is 60.5 Å². The quantitative estimate of drug-likeness (QED) is 0.823. The number of likely N-dealkylation sites (tertiary alicyclic amines) is 1. The van der Waals surface area contributed by atoms with E-state index in [0.29, 0.717) is 23.8 Å². The number of amides is 2. The van der Waals surface area contributed by atoms with Gasteiger partial charge in [0, 0.05) is 6.54 Å². The Labute approximate surface area is 171 Å². The van der Waals surface area contributed by atoms with E-state index in [2.05, 4.69) is 4.90 Å². The first-order valence-corrected chi connectivity index (χ1v) is 10.7. The predicted octanol–water partition coefficient (Wildman–Crippen LogP) is 2.74. The number of hydrogen-bond donors (Lipinski definition) is 1. The van der Waals surface area contributed by atoms with Crippen LogP contribution in [0.3, 0.4) is 0 Å². The normalized spacial score (nSPS) is 20.8. The van der Waals surface area contributed by atoms with Gasteiger partial charge in [-0.25, -0.2) is 4.79 Å². The minimum atomic E-state index is -1.03. The minimum Gasteiger partial charge on any atom is -0.478 e. The average molecular weight is 399 g/mol. The molecule has 4 rings (SSSR count). The van der Waals surface area contributed by atoms with Gasteiger partial charge < -0.3 is 10.0 Å². The summed E-state index contributed by atoms with van der Waals surface area (Å²) in [7, 11) is 0. The zero-order chi connectivity index (χ0) is 20.4. The topological polar surface area (TPSA) is 81.2 Å². The van der Waals surface area contributed by atoms with Crippen molar-refractivity contribution in [1.29, 1.82) is 0 Å². The number of carboxylic acids is 1. The van der Waals surface area contributed by atoms with Gasteiger partial charge in [-0.05, 0) is 62.9 Å². The zero-order valence-corrected chi connectivity index (χ0v) is 16.8.